The average molecular weight is 589 g/mol. The first-order chi connectivity index (χ1) is 20.5. The van der Waals surface area contributed by atoms with Crippen molar-refractivity contribution in [3.8, 4) is 0 Å². The van der Waals surface area contributed by atoms with Crippen LogP contribution in [0.25, 0.3) is 0 Å². The number of allylic oxidation sites excluding steroid dienone is 2. The van der Waals surface area contributed by atoms with Crippen LogP contribution in [0.2, 0.25) is 0 Å². The van der Waals surface area contributed by atoms with Gasteiger partial charge in [-0.15, -0.1) is 0 Å². The van der Waals surface area contributed by atoms with E-state index in [1.165, 1.54) is 199 Å². The molecule has 0 fully saturated rings. The molecular weight excluding hydrogens is 504 g/mol. The largest absolute Gasteiger partial charge is 0.0856 e. The third-order valence-electron chi connectivity index (χ3n) is 9.94. The van der Waals surface area contributed by atoms with Gasteiger partial charge in [0.2, 0.25) is 0 Å². The Kier molecular flexibility index (Phi) is 33.4. The maximum Gasteiger partial charge on any atom is -0.0323 e. The average Bonchev–Trinajstić information content (AvgIpc) is 2.95. The fraction of sp³-hybridized carbons (Fsp3) is 0.952. The minimum absolute atomic E-state index is 0.873. The molecule has 0 aliphatic rings. The maximum atomic E-state index is 2.55. The lowest BCUT2D eigenvalue weighted by molar-refractivity contribution is 0.389. The second kappa shape index (κ2) is 33.6. The summed E-state index contributed by atoms with van der Waals surface area (Å²) in [5.41, 5.74) is 1.65. The van der Waals surface area contributed by atoms with Gasteiger partial charge in [-0.25, -0.2) is 0 Å². The monoisotopic (exact) mass is 589 g/mol. The van der Waals surface area contributed by atoms with Crippen LogP contribution in [0.15, 0.2) is 11.6 Å². The highest BCUT2D eigenvalue weighted by Gasteiger charge is 2.07. The Morgan fingerprint density at radius 2 is 0.738 bits per heavy atom. The van der Waals surface area contributed by atoms with Crippen LogP contribution in [-0.4, -0.2) is 0 Å². The van der Waals surface area contributed by atoms with Crippen LogP contribution in [-0.2, 0) is 0 Å². The van der Waals surface area contributed by atoms with Gasteiger partial charge in [-0.3, -0.25) is 0 Å². The quantitative estimate of drug-likeness (QED) is 0.0518. The van der Waals surface area contributed by atoms with Crippen molar-refractivity contribution >= 4 is 0 Å². The SMILES string of the molecule is CCCCCCCCCCCCCCCCCCCCCCC/C=C(\C)CCC[C@H](C)CCC[C@H](C)CCCC(C)C. The Balaban J connectivity index is 3.35. The molecule has 0 amide bonds. The summed E-state index contributed by atoms with van der Waals surface area (Å²) < 4.78 is 0. The summed E-state index contributed by atoms with van der Waals surface area (Å²) >= 11 is 0. The van der Waals surface area contributed by atoms with Gasteiger partial charge < -0.3 is 0 Å². The maximum absolute atomic E-state index is 2.55. The Morgan fingerprint density at radius 1 is 0.405 bits per heavy atom. The van der Waals surface area contributed by atoms with Gasteiger partial charge in [0, 0.05) is 0 Å². The summed E-state index contributed by atoms with van der Waals surface area (Å²) in [6.45, 7) is 14.4. The highest BCUT2D eigenvalue weighted by Crippen LogP contribution is 2.22. The Labute approximate surface area is 269 Å². The first-order valence-corrected chi connectivity index (χ1v) is 20.1. The normalized spacial score (nSPS) is 13.7. The van der Waals surface area contributed by atoms with Gasteiger partial charge in [-0.1, -0.05) is 220 Å². The van der Waals surface area contributed by atoms with E-state index >= 15 is 0 Å². The molecule has 0 spiro atoms. The van der Waals surface area contributed by atoms with Crippen molar-refractivity contribution in [1.82, 2.24) is 0 Å². The zero-order valence-electron chi connectivity index (χ0n) is 30.7. The molecule has 0 aliphatic heterocycles. The van der Waals surface area contributed by atoms with Crippen molar-refractivity contribution in [3.05, 3.63) is 11.6 Å². The molecule has 0 heteroatoms. The van der Waals surface area contributed by atoms with Gasteiger partial charge in [-0.05, 0) is 50.4 Å². The van der Waals surface area contributed by atoms with Crippen molar-refractivity contribution < 1.29 is 0 Å². The van der Waals surface area contributed by atoms with Gasteiger partial charge in [0.25, 0.3) is 0 Å². The minimum atomic E-state index is 0.873. The number of rotatable bonds is 34. The van der Waals surface area contributed by atoms with Gasteiger partial charge in [0.05, 0.1) is 0 Å². The summed E-state index contributed by atoms with van der Waals surface area (Å²) in [6.07, 6.45) is 47.4. The van der Waals surface area contributed by atoms with Crippen LogP contribution in [0, 0.1) is 17.8 Å². The van der Waals surface area contributed by atoms with E-state index in [1.54, 1.807) is 5.57 Å². The van der Waals surface area contributed by atoms with Crippen LogP contribution < -0.4 is 0 Å². The summed E-state index contributed by atoms with van der Waals surface area (Å²) in [7, 11) is 0. The fourth-order valence-corrected chi connectivity index (χ4v) is 6.73. The van der Waals surface area contributed by atoms with E-state index in [1.807, 2.05) is 0 Å². The summed E-state index contributed by atoms with van der Waals surface area (Å²) in [6, 6.07) is 0. The third-order valence-corrected chi connectivity index (χ3v) is 9.94. The van der Waals surface area contributed by atoms with Gasteiger partial charge in [0.15, 0.2) is 0 Å². The molecule has 0 radical (unpaired) electrons. The Morgan fingerprint density at radius 3 is 1.12 bits per heavy atom. The van der Waals surface area contributed by atoms with Gasteiger partial charge in [-0.2, -0.15) is 0 Å². The topological polar surface area (TPSA) is 0 Å². The van der Waals surface area contributed by atoms with Crippen molar-refractivity contribution in [1.29, 1.82) is 0 Å². The molecule has 0 saturated heterocycles. The lowest BCUT2D eigenvalue weighted by Gasteiger charge is -2.15. The van der Waals surface area contributed by atoms with E-state index in [0.29, 0.717) is 0 Å². The Bertz CT molecular complexity index is 528. The molecule has 0 aromatic heterocycles. The smallest absolute Gasteiger partial charge is 0.0323 e. The summed E-state index contributed by atoms with van der Waals surface area (Å²) in [5.74, 6) is 2.72. The van der Waals surface area contributed by atoms with E-state index in [4.69, 9.17) is 0 Å². The molecule has 0 aliphatic carbocycles. The first-order valence-electron chi connectivity index (χ1n) is 20.1. The molecule has 0 heterocycles. The molecule has 252 valence electrons. The lowest BCUT2D eigenvalue weighted by atomic mass is 9.91. The summed E-state index contributed by atoms with van der Waals surface area (Å²) in [5, 5.41) is 0. The number of hydrogen-bond donors (Lipinski definition) is 0. The highest BCUT2D eigenvalue weighted by molar-refractivity contribution is 4.97. The van der Waals surface area contributed by atoms with Crippen LogP contribution in [0.3, 0.4) is 0 Å². The third kappa shape index (κ3) is 34.2. The first kappa shape index (κ1) is 41.7. The molecule has 0 N–H and O–H groups in total. The molecule has 42 heavy (non-hydrogen) atoms. The predicted octanol–water partition coefficient (Wildman–Crippen LogP) is 16.0. The van der Waals surface area contributed by atoms with Crippen molar-refractivity contribution in [3.63, 3.8) is 0 Å². The van der Waals surface area contributed by atoms with Gasteiger partial charge >= 0.3 is 0 Å². The molecule has 0 nitrogen and oxygen atoms in total. The van der Waals surface area contributed by atoms with Crippen LogP contribution in [0.5, 0.6) is 0 Å². The molecule has 0 rings (SSSR count). The van der Waals surface area contributed by atoms with E-state index in [-0.39, 0.29) is 0 Å². The zero-order valence-corrected chi connectivity index (χ0v) is 30.7. The minimum Gasteiger partial charge on any atom is -0.0856 e. The van der Waals surface area contributed by atoms with E-state index in [0.717, 1.165) is 17.8 Å². The summed E-state index contributed by atoms with van der Waals surface area (Å²) in [4.78, 5) is 0. The van der Waals surface area contributed by atoms with Crippen LogP contribution >= 0.6 is 0 Å². The molecule has 2 atom stereocenters. The standard InChI is InChI=1S/C42H84/c1-7-8-9-10-11-12-13-14-15-16-17-18-19-20-21-22-23-24-25-26-27-28-33-40(4)35-30-37-42(6)38-31-36-41(5)34-29-32-39(2)3/h33,39,41-42H,7-32,34-38H2,1-6H3/b40-33+/t41-,42+/m1/s1. The molecule has 0 saturated carbocycles. The van der Waals surface area contributed by atoms with Gasteiger partial charge in [0.1, 0.15) is 0 Å². The number of hydrogen-bond acceptors (Lipinski definition) is 0. The fourth-order valence-electron chi connectivity index (χ4n) is 6.73. The number of unbranched alkanes of at least 4 members (excludes halogenated alkanes) is 21. The molecular formula is C42H84. The predicted molar refractivity (Wildman–Crippen MR) is 196 cm³/mol. The highest BCUT2D eigenvalue weighted by atomic mass is 14.1. The van der Waals surface area contributed by atoms with Crippen LogP contribution in [0.1, 0.15) is 241 Å². The van der Waals surface area contributed by atoms with E-state index in [9.17, 15) is 0 Å². The van der Waals surface area contributed by atoms with E-state index in [2.05, 4.69) is 47.6 Å². The lowest BCUT2D eigenvalue weighted by Crippen LogP contribution is -2.00. The van der Waals surface area contributed by atoms with Crippen molar-refractivity contribution in [2.24, 2.45) is 17.8 Å². The van der Waals surface area contributed by atoms with Crippen molar-refractivity contribution in [2.45, 2.75) is 241 Å². The second-order valence-electron chi connectivity index (χ2n) is 15.3. The Hall–Kier alpha value is -0.260. The second-order valence-corrected chi connectivity index (χ2v) is 15.3. The molecule has 0 unspecified atom stereocenters. The van der Waals surface area contributed by atoms with Crippen molar-refractivity contribution in [2.75, 3.05) is 0 Å². The van der Waals surface area contributed by atoms with Crippen LogP contribution in [0.4, 0.5) is 0 Å². The zero-order chi connectivity index (χ0) is 30.9. The molecule has 0 aromatic carbocycles. The molecule has 0 bridgehead atoms. The molecule has 0 aromatic rings. The van der Waals surface area contributed by atoms with E-state index < -0.39 is 0 Å².